The van der Waals surface area contributed by atoms with E-state index < -0.39 is 11.9 Å². The predicted octanol–water partition coefficient (Wildman–Crippen LogP) is 3.11. The minimum absolute atomic E-state index is 0.328. The lowest BCUT2D eigenvalue weighted by Gasteiger charge is -2.07. The van der Waals surface area contributed by atoms with Gasteiger partial charge in [-0.2, -0.15) is 0 Å². The van der Waals surface area contributed by atoms with Crippen LogP contribution in [0.2, 0.25) is 0 Å². The molecule has 0 amide bonds. The van der Waals surface area contributed by atoms with Gasteiger partial charge in [-0.3, -0.25) is 0 Å². The molecule has 0 aromatic heterocycles. The molecule has 0 aliphatic heterocycles. The van der Waals surface area contributed by atoms with E-state index in [1.165, 1.54) is 44.6 Å². The quantitative estimate of drug-likeness (QED) is 0.456. The molecule has 130 valence electrons. The maximum atomic E-state index is 11.9. The van der Waals surface area contributed by atoms with E-state index in [2.05, 4.69) is 4.74 Å². The molecule has 0 aliphatic carbocycles. The third-order valence-corrected chi connectivity index (χ3v) is 3.31. The third kappa shape index (κ3) is 4.84. The zero-order chi connectivity index (χ0) is 18.2. The Labute approximate surface area is 145 Å². The number of methoxy groups -OCH3 is 3. The summed E-state index contributed by atoms with van der Waals surface area (Å²) < 4.78 is 20.1. The van der Waals surface area contributed by atoms with E-state index in [1.54, 1.807) is 31.4 Å². The van der Waals surface area contributed by atoms with Gasteiger partial charge >= 0.3 is 11.9 Å². The van der Waals surface area contributed by atoms with Crippen molar-refractivity contribution in [2.24, 2.45) is 0 Å². The van der Waals surface area contributed by atoms with Gasteiger partial charge in [0.1, 0.15) is 5.75 Å². The molecule has 6 nitrogen and oxygen atoms in total. The highest BCUT2D eigenvalue weighted by atomic mass is 16.5. The molecule has 0 saturated carbocycles. The highest BCUT2D eigenvalue weighted by molar-refractivity contribution is 5.90. The minimum Gasteiger partial charge on any atom is -0.493 e. The van der Waals surface area contributed by atoms with Crippen LogP contribution in [0.5, 0.6) is 17.2 Å². The molecular formula is C19H18O6. The Morgan fingerprint density at radius 3 is 2.16 bits per heavy atom. The van der Waals surface area contributed by atoms with Crippen molar-refractivity contribution in [3.8, 4) is 17.2 Å². The zero-order valence-electron chi connectivity index (χ0n) is 14.1. The number of rotatable bonds is 6. The summed E-state index contributed by atoms with van der Waals surface area (Å²) in [7, 11) is 4.39. The van der Waals surface area contributed by atoms with E-state index in [-0.39, 0.29) is 0 Å². The number of benzene rings is 2. The van der Waals surface area contributed by atoms with Gasteiger partial charge < -0.3 is 18.9 Å². The van der Waals surface area contributed by atoms with Gasteiger partial charge in [-0.05, 0) is 48.0 Å². The van der Waals surface area contributed by atoms with Gasteiger partial charge in [-0.1, -0.05) is 6.07 Å². The number of hydrogen-bond acceptors (Lipinski definition) is 6. The van der Waals surface area contributed by atoms with Gasteiger partial charge in [0.05, 0.1) is 26.9 Å². The number of ether oxygens (including phenoxy) is 4. The Bertz CT molecular complexity index is 777. The van der Waals surface area contributed by atoms with Gasteiger partial charge in [0.2, 0.25) is 0 Å². The molecule has 0 spiro atoms. The standard InChI is InChI=1S/C19H18O6/c1-22-16-10-4-13(12-17(16)23-2)5-11-18(20)25-15-8-6-14(7-9-15)19(21)24-3/h4-12H,1-3H3. The molecule has 0 unspecified atom stereocenters. The van der Waals surface area contributed by atoms with Crippen molar-refractivity contribution in [3.05, 3.63) is 59.7 Å². The van der Waals surface area contributed by atoms with Crippen molar-refractivity contribution in [3.63, 3.8) is 0 Å². The maximum Gasteiger partial charge on any atom is 0.337 e. The molecule has 0 heterocycles. The summed E-state index contributed by atoms with van der Waals surface area (Å²) in [5, 5.41) is 0. The fraction of sp³-hybridized carbons (Fsp3) is 0.158. The third-order valence-electron chi connectivity index (χ3n) is 3.31. The lowest BCUT2D eigenvalue weighted by Crippen LogP contribution is -2.05. The lowest BCUT2D eigenvalue weighted by atomic mass is 10.2. The zero-order valence-corrected chi connectivity index (χ0v) is 14.1. The van der Waals surface area contributed by atoms with Gasteiger partial charge in [0, 0.05) is 6.08 Å². The minimum atomic E-state index is -0.541. The van der Waals surface area contributed by atoms with Crippen molar-refractivity contribution in [1.29, 1.82) is 0 Å². The Balaban J connectivity index is 2.02. The van der Waals surface area contributed by atoms with Crippen molar-refractivity contribution in [1.82, 2.24) is 0 Å². The average Bonchev–Trinajstić information content (AvgIpc) is 2.66. The maximum absolute atomic E-state index is 11.9. The van der Waals surface area contributed by atoms with E-state index in [0.29, 0.717) is 22.8 Å². The van der Waals surface area contributed by atoms with Gasteiger partial charge in [-0.15, -0.1) is 0 Å². The molecule has 25 heavy (non-hydrogen) atoms. The first-order valence-electron chi connectivity index (χ1n) is 7.37. The van der Waals surface area contributed by atoms with Crippen molar-refractivity contribution in [2.45, 2.75) is 0 Å². The summed E-state index contributed by atoms with van der Waals surface area (Å²) in [5.41, 5.74) is 1.14. The van der Waals surface area contributed by atoms with E-state index in [9.17, 15) is 9.59 Å². The van der Waals surface area contributed by atoms with Gasteiger partial charge in [0.25, 0.3) is 0 Å². The Kier molecular flexibility index (Phi) is 6.17. The van der Waals surface area contributed by atoms with Gasteiger partial charge in [-0.25, -0.2) is 9.59 Å². The second-order valence-corrected chi connectivity index (χ2v) is 4.88. The molecule has 0 bridgehead atoms. The van der Waals surface area contributed by atoms with Crippen LogP contribution in [0.3, 0.4) is 0 Å². The Hall–Kier alpha value is -3.28. The summed E-state index contributed by atoms with van der Waals surface area (Å²) in [6.45, 7) is 0. The number of carbonyl (C=O) groups is 2. The highest BCUT2D eigenvalue weighted by Crippen LogP contribution is 2.28. The number of hydrogen-bond donors (Lipinski definition) is 0. The second kappa shape index (κ2) is 8.54. The van der Waals surface area contributed by atoms with Crippen LogP contribution < -0.4 is 14.2 Å². The Morgan fingerprint density at radius 1 is 0.880 bits per heavy atom. The summed E-state index contributed by atoms with van der Waals surface area (Å²) in [6.07, 6.45) is 2.91. The van der Waals surface area contributed by atoms with Crippen LogP contribution >= 0.6 is 0 Å². The summed E-state index contributed by atoms with van der Waals surface area (Å²) in [5.74, 6) is 0.505. The van der Waals surface area contributed by atoms with Crippen molar-refractivity contribution < 1.29 is 28.5 Å². The molecule has 0 radical (unpaired) electrons. The smallest absolute Gasteiger partial charge is 0.337 e. The van der Waals surface area contributed by atoms with Crippen LogP contribution in [0.1, 0.15) is 15.9 Å². The molecule has 0 N–H and O–H groups in total. The fourth-order valence-corrected chi connectivity index (χ4v) is 2.05. The number of carbonyl (C=O) groups excluding carboxylic acids is 2. The summed E-state index contributed by atoms with van der Waals surface area (Å²) >= 11 is 0. The first-order chi connectivity index (χ1) is 12.1. The fourth-order valence-electron chi connectivity index (χ4n) is 2.05. The van der Waals surface area contributed by atoms with E-state index in [0.717, 1.165) is 5.56 Å². The van der Waals surface area contributed by atoms with E-state index in [4.69, 9.17) is 14.2 Å². The first kappa shape index (κ1) is 18.1. The average molecular weight is 342 g/mol. The predicted molar refractivity (Wildman–Crippen MR) is 92.0 cm³/mol. The largest absolute Gasteiger partial charge is 0.493 e. The van der Waals surface area contributed by atoms with Gasteiger partial charge in [0.15, 0.2) is 11.5 Å². The Morgan fingerprint density at radius 2 is 1.56 bits per heavy atom. The van der Waals surface area contributed by atoms with Crippen LogP contribution in [0.4, 0.5) is 0 Å². The molecule has 0 saturated heterocycles. The van der Waals surface area contributed by atoms with Crippen molar-refractivity contribution in [2.75, 3.05) is 21.3 Å². The van der Waals surface area contributed by atoms with Crippen molar-refractivity contribution >= 4 is 18.0 Å². The monoisotopic (exact) mass is 342 g/mol. The molecule has 0 aliphatic rings. The highest BCUT2D eigenvalue weighted by Gasteiger charge is 2.07. The first-order valence-corrected chi connectivity index (χ1v) is 7.37. The summed E-state index contributed by atoms with van der Waals surface area (Å²) in [6, 6.07) is 11.4. The van der Waals surface area contributed by atoms with E-state index >= 15 is 0 Å². The van der Waals surface area contributed by atoms with Crippen LogP contribution in [0, 0.1) is 0 Å². The molecule has 0 atom stereocenters. The van der Waals surface area contributed by atoms with Crippen LogP contribution in [0.15, 0.2) is 48.5 Å². The number of esters is 2. The molecule has 2 rings (SSSR count). The van der Waals surface area contributed by atoms with Crippen LogP contribution in [-0.2, 0) is 9.53 Å². The summed E-state index contributed by atoms with van der Waals surface area (Å²) in [4.78, 5) is 23.2. The topological polar surface area (TPSA) is 71.1 Å². The van der Waals surface area contributed by atoms with Crippen LogP contribution in [0.25, 0.3) is 6.08 Å². The molecule has 2 aromatic carbocycles. The second-order valence-electron chi connectivity index (χ2n) is 4.88. The van der Waals surface area contributed by atoms with Crippen LogP contribution in [-0.4, -0.2) is 33.3 Å². The van der Waals surface area contributed by atoms with E-state index in [1.807, 2.05) is 0 Å². The SMILES string of the molecule is COC(=O)c1ccc(OC(=O)C=Cc2ccc(OC)c(OC)c2)cc1. The molecule has 2 aromatic rings. The molecular weight excluding hydrogens is 324 g/mol. The lowest BCUT2D eigenvalue weighted by molar-refractivity contribution is -0.128. The molecule has 6 heteroatoms. The normalized spacial score (nSPS) is 10.4. The molecule has 0 fully saturated rings.